The standard InChI is InChI=1S/C11H11NO2/c13-10-8-4-1-2-5-9(8)11-12(10)6-3-7-14-11/h1-2,4-5,11H,3,6-7H2/t11-/m0/s1. The molecule has 2 aliphatic rings. The number of hydrogen-bond donors (Lipinski definition) is 0. The molecule has 0 aromatic heterocycles. The smallest absolute Gasteiger partial charge is 0.256 e. The van der Waals surface area contributed by atoms with Gasteiger partial charge in [0.25, 0.3) is 5.91 Å². The van der Waals surface area contributed by atoms with Gasteiger partial charge in [-0.25, -0.2) is 0 Å². The van der Waals surface area contributed by atoms with E-state index in [-0.39, 0.29) is 12.1 Å². The molecular formula is C11H11NO2. The van der Waals surface area contributed by atoms with E-state index in [4.69, 9.17) is 4.74 Å². The van der Waals surface area contributed by atoms with Crippen molar-refractivity contribution in [1.82, 2.24) is 4.90 Å². The van der Waals surface area contributed by atoms with Gasteiger partial charge in [-0.05, 0) is 12.5 Å². The minimum Gasteiger partial charge on any atom is -0.354 e. The number of fused-ring (bicyclic) bond motifs is 3. The van der Waals surface area contributed by atoms with Crippen molar-refractivity contribution in [3.05, 3.63) is 35.4 Å². The van der Waals surface area contributed by atoms with E-state index in [0.717, 1.165) is 30.7 Å². The van der Waals surface area contributed by atoms with Crippen LogP contribution in [0.5, 0.6) is 0 Å². The average molecular weight is 189 g/mol. The van der Waals surface area contributed by atoms with Gasteiger partial charge in [-0.2, -0.15) is 0 Å². The fraction of sp³-hybridized carbons (Fsp3) is 0.364. The molecule has 0 N–H and O–H groups in total. The second-order valence-corrected chi connectivity index (χ2v) is 3.66. The zero-order chi connectivity index (χ0) is 9.54. The van der Waals surface area contributed by atoms with Crippen LogP contribution < -0.4 is 0 Å². The van der Waals surface area contributed by atoms with Gasteiger partial charge in [0.05, 0.1) is 6.61 Å². The quantitative estimate of drug-likeness (QED) is 0.619. The maximum Gasteiger partial charge on any atom is 0.256 e. The van der Waals surface area contributed by atoms with Crippen LogP contribution >= 0.6 is 0 Å². The van der Waals surface area contributed by atoms with E-state index in [0.29, 0.717) is 0 Å². The Balaban J connectivity index is 2.11. The highest BCUT2D eigenvalue weighted by atomic mass is 16.5. The minimum absolute atomic E-state index is 0.116. The lowest BCUT2D eigenvalue weighted by molar-refractivity contribution is -0.0716. The van der Waals surface area contributed by atoms with Gasteiger partial charge in [0, 0.05) is 17.7 Å². The molecule has 1 saturated heterocycles. The molecule has 0 spiro atoms. The predicted octanol–water partition coefficient (Wildman–Crippen LogP) is 1.56. The summed E-state index contributed by atoms with van der Waals surface area (Å²) in [6.45, 7) is 1.57. The monoisotopic (exact) mass is 189 g/mol. The topological polar surface area (TPSA) is 29.5 Å². The van der Waals surface area contributed by atoms with Gasteiger partial charge in [-0.3, -0.25) is 4.79 Å². The van der Waals surface area contributed by atoms with Crippen molar-refractivity contribution in [3.8, 4) is 0 Å². The van der Waals surface area contributed by atoms with Crippen molar-refractivity contribution < 1.29 is 9.53 Å². The van der Waals surface area contributed by atoms with E-state index in [1.807, 2.05) is 29.2 Å². The van der Waals surface area contributed by atoms with Crippen LogP contribution in [0, 0.1) is 0 Å². The highest BCUT2D eigenvalue weighted by Gasteiger charge is 2.38. The van der Waals surface area contributed by atoms with E-state index >= 15 is 0 Å². The van der Waals surface area contributed by atoms with Crippen LogP contribution in [0.2, 0.25) is 0 Å². The van der Waals surface area contributed by atoms with E-state index in [1.54, 1.807) is 0 Å². The van der Waals surface area contributed by atoms with Crippen LogP contribution in [0.15, 0.2) is 24.3 Å². The molecule has 0 saturated carbocycles. The first-order valence-electron chi connectivity index (χ1n) is 4.89. The van der Waals surface area contributed by atoms with Crippen LogP contribution in [-0.4, -0.2) is 24.0 Å². The summed E-state index contributed by atoms with van der Waals surface area (Å²) >= 11 is 0. The Kier molecular flexibility index (Phi) is 1.61. The van der Waals surface area contributed by atoms with Crippen molar-refractivity contribution in [2.24, 2.45) is 0 Å². The normalized spacial score (nSPS) is 24.7. The Hall–Kier alpha value is -1.35. The highest BCUT2D eigenvalue weighted by Crippen LogP contribution is 2.36. The summed E-state index contributed by atoms with van der Waals surface area (Å²) in [7, 11) is 0. The van der Waals surface area contributed by atoms with Crippen LogP contribution in [0.1, 0.15) is 28.6 Å². The molecule has 0 aliphatic carbocycles. The van der Waals surface area contributed by atoms with Gasteiger partial charge in [0.2, 0.25) is 0 Å². The third-order valence-corrected chi connectivity index (χ3v) is 2.82. The highest BCUT2D eigenvalue weighted by molar-refractivity contribution is 5.98. The van der Waals surface area contributed by atoms with Gasteiger partial charge >= 0.3 is 0 Å². The van der Waals surface area contributed by atoms with Crippen LogP contribution in [0.3, 0.4) is 0 Å². The summed E-state index contributed by atoms with van der Waals surface area (Å²) < 4.78 is 5.60. The molecule has 2 aliphatic heterocycles. The number of ether oxygens (including phenoxy) is 1. The molecule has 1 fully saturated rings. The number of nitrogens with zero attached hydrogens (tertiary/aromatic N) is 1. The molecule has 1 aromatic carbocycles. The number of benzene rings is 1. The third-order valence-electron chi connectivity index (χ3n) is 2.82. The van der Waals surface area contributed by atoms with E-state index in [1.165, 1.54) is 0 Å². The van der Waals surface area contributed by atoms with Crippen LogP contribution in [-0.2, 0) is 4.74 Å². The molecule has 0 bridgehead atoms. The van der Waals surface area contributed by atoms with Gasteiger partial charge in [0.1, 0.15) is 0 Å². The number of carbonyl (C=O) groups excluding carboxylic acids is 1. The molecule has 72 valence electrons. The summed E-state index contributed by atoms with van der Waals surface area (Å²) in [4.78, 5) is 13.7. The molecule has 0 radical (unpaired) electrons. The van der Waals surface area contributed by atoms with Crippen LogP contribution in [0.4, 0.5) is 0 Å². The molecule has 1 aromatic rings. The Morgan fingerprint density at radius 3 is 3.14 bits per heavy atom. The summed E-state index contributed by atoms with van der Waals surface area (Å²) in [6, 6.07) is 7.70. The Bertz CT molecular complexity index is 389. The molecule has 1 amide bonds. The number of amides is 1. The molecular weight excluding hydrogens is 178 g/mol. The Morgan fingerprint density at radius 1 is 1.36 bits per heavy atom. The second-order valence-electron chi connectivity index (χ2n) is 3.66. The molecule has 1 atom stereocenters. The predicted molar refractivity (Wildman–Crippen MR) is 50.8 cm³/mol. The van der Waals surface area contributed by atoms with Gasteiger partial charge in [-0.1, -0.05) is 18.2 Å². The second kappa shape index (κ2) is 2.82. The zero-order valence-electron chi connectivity index (χ0n) is 7.77. The fourth-order valence-electron chi connectivity index (χ4n) is 2.16. The Labute approximate surface area is 82.3 Å². The van der Waals surface area contributed by atoms with Crippen molar-refractivity contribution in [2.75, 3.05) is 13.2 Å². The fourth-order valence-corrected chi connectivity index (χ4v) is 2.16. The molecule has 2 heterocycles. The van der Waals surface area contributed by atoms with Crippen LogP contribution in [0.25, 0.3) is 0 Å². The van der Waals surface area contributed by atoms with Crippen molar-refractivity contribution in [2.45, 2.75) is 12.6 Å². The van der Waals surface area contributed by atoms with Gasteiger partial charge in [0.15, 0.2) is 6.23 Å². The zero-order valence-corrected chi connectivity index (χ0v) is 7.77. The lowest BCUT2D eigenvalue weighted by Gasteiger charge is -2.29. The lowest BCUT2D eigenvalue weighted by Crippen LogP contribution is -2.35. The van der Waals surface area contributed by atoms with Crippen molar-refractivity contribution in [3.63, 3.8) is 0 Å². The first-order valence-corrected chi connectivity index (χ1v) is 4.89. The summed E-state index contributed by atoms with van der Waals surface area (Å²) in [5.74, 6) is 0.116. The number of rotatable bonds is 0. The third kappa shape index (κ3) is 0.930. The summed E-state index contributed by atoms with van der Waals surface area (Å²) in [5, 5.41) is 0. The lowest BCUT2D eigenvalue weighted by atomic mass is 10.1. The van der Waals surface area contributed by atoms with E-state index in [9.17, 15) is 4.79 Å². The Morgan fingerprint density at radius 2 is 2.21 bits per heavy atom. The van der Waals surface area contributed by atoms with E-state index < -0.39 is 0 Å². The molecule has 3 rings (SSSR count). The van der Waals surface area contributed by atoms with Gasteiger partial charge in [-0.15, -0.1) is 0 Å². The molecule has 3 nitrogen and oxygen atoms in total. The molecule has 14 heavy (non-hydrogen) atoms. The van der Waals surface area contributed by atoms with Crippen molar-refractivity contribution >= 4 is 5.91 Å². The SMILES string of the molecule is O=C1c2ccccc2[C@@H]2OCCCN12. The summed E-state index contributed by atoms with van der Waals surface area (Å²) in [5.41, 5.74) is 1.83. The molecule has 0 unspecified atom stereocenters. The van der Waals surface area contributed by atoms with Gasteiger partial charge < -0.3 is 9.64 Å². The van der Waals surface area contributed by atoms with Crippen molar-refractivity contribution in [1.29, 1.82) is 0 Å². The first kappa shape index (κ1) is 8.00. The average Bonchev–Trinajstić information content (AvgIpc) is 2.55. The number of hydrogen-bond acceptors (Lipinski definition) is 2. The summed E-state index contributed by atoms with van der Waals surface area (Å²) in [6.07, 6.45) is 0.823. The maximum atomic E-state index is 11.9. The minimum atomic E-state index is -0.118. The van der Waals surface area contributed by atoms with E-state index in [2.05, 4.69) is 0 Å². The maximum absolute atomic E-state index is 11.9. The molecule has 3 heteroatoms. The first-order chi connectivity index (χ1) is 6.88. The number of carbonyl (C=O) groups is 1. The largest absolute Gasteiger partial charge is 0.354 e.